The minimum absolute atomic E-state index is 0.00229. The van der Waals surface area contributed by atoms with Gasteiger partial charge in [0.1, 0.15) is 17.1 Å². The first-order valence-electron chi connectivity index (χ1n) is 21.6. The third kappa shape index (κ3) is 18.8. The fourth-order valence-electron chi connectivity index (χ4n) is 6.30. The second kappa shape index (κ2) is 27.6. The summed E-state index contributed by atoms with van der Waals surface area (Å²) in [6.45, 7) is 7.41. The molecule has 0 bridgehead atoms. The molecule has 0 spiro atoms. The van der Waals surface area contributed by atoms with Crippen molar-refractivity contribution in [2.24, 2.45) is 0 Å². The summed E-state index contributed by atoms with van der Waals surface area (Å²) in [7, 11) is 0. The molecule has 0 saturated carbocycles. The molecule has 0 aliphatic rings. The quantitative estimate of drug-likeness (QED) is 0.0463. The standard InChI is InChI=1S/C47H49Br2F3N6O12/c1-6-65-41(59)26-57(24-36-17-31(48)19-38(54-36)44(62)68-9-4)22-34-15-29(11-12-30-13-14-33(56-46(64)47(50,51)52)21-40(30)70-28-43(61)67-8-3)16-35(53-34)23-58(27-42(60)66-7-2)25-37-18-32(49)20-39(55-37)45(63)69-10-5/h13-21H,6-10,22-28H2,1-5H3,(H,56,64). The highest BCUT2D eigenvalue weighted by Crippen LogP contribution is 2.26. The Hall–Kier alpha value is -6.48. The lowest BCUT2D eigenvalue weighted by Gasteiger charge is -2.23. The van der Waals surface area contributed by atoms with Crippen molar-refractivity contribution in [3.63, 3.8) is 0 Å². The average Bonchev–Trinajstić information content (AvgIpc) is 3.27. The lowest BCUT2D eigenvalue weighted by Crippen LogP contribution is -2.32. The number of pyridine rings is 3. The van der Waals surface area contributed by atoms with Crippen LogP contribution in [0.5, 0.6) is 5.75 Å². The molecule has 18 nitrogen and oxygen atoms in total. The van der Waals surface area contributed by atoms with E-state index in [1.807, 2.05) is 0 Å². The van der Waals surface area contributed by atoms with Crippen LogP contribution in [0.1, 0.15) is 89.5 Å². The molecule has 3 aromatic heterocycles. The number of esters is 5. The minimum atomic E-state index is -5.20. The van der Waals surface area contributed by atoms with Gasteiger partial charge in [0.2, 0.25) is 0 Å². The van der Waals surface area contributed by atoms with E-state index in [4.69, 9.17) is 33.4 Å². The van der Waals surface area contributed by atoms with E-state index in [1.165, 1.54) is 24.3 Å². The van der Waals surface area contributed by atoms with Gasteiger partial charge in [0.05, 0.1) is 74.5 Å². The number of benzene rings is 1. The van der Waals surface area contributed by atoms with Crippen molar-refractivity contribution < 1.29 is 70.4 Å². The van der Waals surface area contributed by atoms with Crippen LogP contribution in [0, 0.1) is 11.8 Å². The summed E-state index contributed by atoms with van der Waals surface area (Å²) in [6, 6.07) is 13.1. The molecule has 0 unspecified atom stereocenters. The molecular weight excluding hydrogens is 1060 g/mol. The van der Waals surface area contributed by atoms with Crippen molar-refractivity contribution in [3.8, 4) is 17.6 Å². The van der Waals surface area contributed by atoms with Crippen molar-refractivity contribution in [2.75, 3.05) is 58.0 Å². The molecule has 1 N–H and O–H groups in total. The first-order chi connectivity index (χ1) is 33.3. The van der Waals surface area contributed by atoms with E-state index in [0.29, 0.717) is 37.3 Å². The fraction of sp³-hybridized carbons (Fsp3) is 0.383. The van der Waals surface area contributed by atoms with Crippen molar-refractivity contribution in [1.82, 2.24) is 24.8 Å². The molecule has 0 saturated heterocycles. The summed E-state index contributed by atoms with van der Waals surface area (Å²) in [5.41, 5.74) is 1.61. The van der Waals surface area contributed by atoms with Crippen molar-refractivity contribution >= 4 is 73.3 Å². The van der Waals surface area contributed by atoms with E-state index < -0.39 is 48.5 Å². The number of hydrogen-bond donors (Lipinski definition) is 1. The lowest BCUT2D eigenvalue weighted by atomic mass is 10.1. The number of aromatic nitrogens is 3. The predicted octanol–water partition coefficient (Wildman–Crippen LogP) is 6.72. The van der Waals surface area contributed by atoms with Crippen molar-refractivity contribution in [3.05, 3.63) is 109 Å². The minimum Gasteiger partial charge on any atom is -0.481 e. The molecule has 0 fully saturated rings. The van der Waals surface area contributed by atoms with Crippen LogP contribution >= 0.6 is 31.9 Å². The topological polar surface area (TPSA) is 215 Å². The number of ether oxygens (including phenoxy) is 6. The zero-order chi connectivity index (χ0) is 51.4. The largest absolute Gasteiger partial charge is 0.481 e. The highest BCUT2D eigenvalue weighted by atomic mass is 79.9. The lowest BCUT2D eigenvalue weighted by molar-refractivity contribution is -0.167. The van der Waals surface area contributed by atoms with Gasteiger partial charge in [-0.25, -0.2) is 24.4 Å². The Morgan fingerprint density at radius 2 is 1.03 bits per heavy atom. The smallest absolute Gasteiger partial charge is 0.471 e. The first-order valence-corrected chi connectivity index (χ1v) is 23.2. The number of rotatable bonds is 23. The Kier molecular flexibility index (Phi) is 22.2. The number of hydrogen-bond acceptors (Lipinski definition) is 17. The molecular formula is C47H49Br2F3N6O12. The van der Waals surface area contributed by atoms with Gasteiger partial charge < -0.3 is 33.7 Å². The monoisotopic (exact) mass is 1100 g/mol. The Morgan fingerprint density at radius 3 is 1.47 bits per heavy atom. The Bertz CT molecular complexity index is 2480. The van der Waals surface area contributed by atoms with Crippen LogP contribution in [0.15, 0.2) is 63.5 Å². The van der Waals surface area contributed by atoms with E-state index in [1.54, 1.807) is 74.0 Å². The predicted molar refractivity (Wildman–Crippen MR) is 251 cm³/mol. The fourth-order valence-corrected chi connectivity index (χ4v) is 7.26. The molecule has 0 aliphatic heterocycles. The number of alkyl halides is 3. The molecule has 4 aromatic rings. The van der Waals surface area contributed by atoms with E-state index in [-0.39, 0.29) is 101 Å². The molecule has 0 aliphatic carbocycles. The second-order valence-electron chi connectivity index (χ2n) is 14.5. The zero-order valence-corrected chi connectivity index (χ0v) is 41.9. The molecule has 0 radical (unpaired) electrons. The zero-order valence-electron chi connectivity index (χ0n) is 38.7. The maximum atomic E-state index is 13.1. The van der Waals surface area contributed by atoms with E-state index in [0.717, 1.165) is 6.07 Å². The summed E-state index contributed by atoms with van der Waals surface area (Å²) < 4.78 is 71.9. The maximum Gasteiger partial charge on any atom is 0.471 e. The molecule has 1 aromatic carbocycles. The van der Waals surface area contributed by atoms with Gasteiger partial charge in [0.25, 0.3) is 0 Å². The highest BCUT2D eigenvalue weighted by Gasteiger charge is 2.38. The molecule has 4 rings (SSSR count). The van der Waals surface area contributed by atoms with Crippen LogP contribution in [0.2, 0.25) is 0 Å². The number of nitrogens with one attached hydrogen (secondary N) is 1. The summed E-state index contributed by atoms with van der Waals surface area (Å²) in [6.07, 6.45) is -5.20. The second-order valence-corrected chi connectivity index (χ2v) is 16.3. The van der Waals surface area contributed by atoms with E-state index in [2.05, 4.69) is 53.7 Å². The maximum absolute atomic E-state index is 13.1. The molecule has 1 amide bonds. The summed E-state index contributed by atoms with van der Waals surface area (Å²) >= 11 is 6.84. The van der Waals surface area contributed by atoms with Gasteiger partial charge >= 0.3 is 41.9 Å². The summed E-state index contributed by atoms with van der Waals surface area (Å²) in [5, 5.41) is 1.75. The molecule has 0 atom stereocenters. The van der Waals surface area contributed by atoms with Gasteiger partial charge in [-0.1, -0.05) is 43.7 Å². The summed E-state index contributed by atoms with van der Waals surface area (Å²) in [5.74, 6) is 0.291. The number of amides is 1. The van der Waals surface area contributed by atoms with Crippen molar-refractivity contribution in [2.45, 2.75) is 67.0 Å². The van der Waals surface area contributed by atoms with Crippen LogP contribution in [-0.4, -0.2) is 119 Å². The van der Waals surface area contributed by atoms with Crippen LogP contribution in [0.4, 0.5) is 18.9 Å². The third-order valence-electron chi connectivity index (χ3n) is 8.93. The Labute approximate surface area is 418 Å². The van der Waals surface area contributed by atoms with Crippen LogP contribution in [0.25, 0.3) is 0 Å². The molecule has 23 heteroatoms. The van der Waals surface area contributed by atoms with Gasteiger partial charge in [-0.2, -0.15) is 13.2 Å². The van der Waals surface area contributed by atoms with Gasteiger partial charge in [-0.05, 0) is 83.1 Å². The number of anilines is 1. The number of nitrogens with zero attached hydrogens (tertiary/aromatic N) is 5. The number of carbonyl (C=O) groups is 6. The summed E-state index contributed by atoms with van der Waals surface area (Å²) in [4.78, 5) is 92.6. The number of carbonyl (C=O) groups excluding carboxylic acids is 6. The first kappa shape index (κ1) is 56.1. The van der Waals surface area contributed by atoms with Gasteiger partial charge in [0, 0.05) is 52.4 Å². The molecule has 70 heavy (non-hydrogen) atoms. The Morgan fingerprint density at radius 1 is 0.586 bits per heavy atom. The van der Waals surface area contributed by atoms with E-state index in [9.17, 15) is 41.9 Å². The van der Waals surface area contributed by atoms with Gasteiger partial charge in [-0.3, -0.25) is 29.2 Å². The molecule has 374 valence electrons. The van der Waals surface area contributed by atoms with Crippen LogP contribution in [-0.2, 0) is 69.0 Å². The normalized spacial score (nSPS) is 11.0. The van der Waals surface area contributed by atoms with Gasteiger partial charge in [0.15, 0.2) is 6.61 Å². The van der Waals surface area contributed by atoms with Crippen molar-refractivity contribution in [1.29, 1.82) is 0 Å². The van der Waals surface area contributed by atoms with Crippen LogP contribution < -0.4 is 10.1 Å². The van der Waals surface area contributed by atoms with E-state index >= 15 is 0 Å². The SMILES string of the molecule is CCOC(=O)COc1cc(NC(=O)C(F)(F)F)ccc1C#Cc1cc(CN(CC(=O)OCC)Cc2cc(Br)cc(C(=O)OCC)n2)nc(CN(CC(=O)OCC)Cc2cc(Br)cc(C(=O)OCC)n2)c1. The Balaban J connectivity index is 1.87. The average molecular weight is 1110 g/mol. The third-order valence-corrected chi connectivity index (χ3v) is 9.85. The highest BCUT2D eigenvalue weighted by molar-refractivity contribution is 9.10. The van der Waals surface area contributed by atoms with Crippen LogP contribution in [0.3, 0.4) is 0 Å². The number of halogens is 5. The van der Waals surface area contributed by atoms with Gasteiger partial charge in [-0.15, -0.1) is 0 Å². The molecule has 3 heterocycles.